The number of imidazole rings is 1. The van der Waals surface area contributed by atoms with Gasteiger partial charge in [-0.1, -0.05) is 6.92 Å². The van der Waals surface area contributed by atoms with E-state index >= 15 is 0 Å². The summed E-state index contributed by atoms with van der Waals surface area (Å²) in [5.74, 6) is 1.21. The summed E-state index contributed by atoms with van der Waals surface area (Å²) >= 11 is 0. The number of aromatic nitrogens is 4. The largest absolute Gasteiger partial charge is 0.374 e. The molecule has 1 saturated heterocycles. The summed E-state index contributed by atoms with van der Waals surface area (Å²) < 4.78 is 9.80. The van der Waals surface area contributed by atoms with Crippen molar-refractivity contribution in [3.05, 3.63) is 36.7 Å². The second-order valence-corrected chi connectivity index (χ2v) is 6.05. The van der Waals surface area contributed by atoms with Crippen LogP contribution in [0.5, 0.6) is 0 Å². The number of hydrogen-bond donors (Lipinski definition) is 0. The lowest BCUT2D eigenvalue weighted by Gasteiger charge is -2.24. The molecule has 0 saturated carbocycles. The van der Waals surface area contributed by atoms with E-state index in [0.29, 0.717) is 32.7 Å². The Kier molecular flexibility index (Phi) is 5.63. The summed E-state index contributed by atoms with van der Waals surface area (Å²) in [6, 6.07) is 1.90. The van der Waals surface area contributed by atoms with Crippen molar-refractivity contribution in [2.75, 3.05) is 19.7 Å². The average Bonchev–Trinajstić information content (AvgIpc) is 3.20. The smallest absolute Gasteiger partial charge is 0.224 e. The molecule has 2 aromatic heterocycles. The zero-order valence-corrected chi connectivity index (χ0v) is 14.2. The van der Waals surface area contributed by atoms with Crippen molar-refractivity contribution < 1.29 is 9.53 Å². The van der Waals surface area contributed by atoms with Crippen LogP contribution in [0.4, 0.5) is 0 Å². The summed E-state index contributed by atoms with van der Waals surface area (Å²) in [5, 5.41) is 4.22. The highest BCUT2D eigenvalue weighted by Crippen LogP contribution is 2.10. The predicted molar refractivity (Wildman–Crippen MR) is 89.4 cm³/mol. The Morgan fingerprint density at radius 3 is 3.08 bits per heavy atom. The van der Waals surface area contributed by atoms with Crippen LogP contribution in [-0.2, 0) is 29.0 Å². The van der Waals surface area contributed by atoms with Gasteiger partial charge < -0.3 is 14.2 Å². The summed E-state index contributed by atoms with van der Waals surface area (Å²) in [4.78, 5) is 18.8. The molecule has 1 aliphatic rings. The van der Waals surface area contributed by atoms with Gasteiger partial charge in [-0.25, -0.2) is 4.98 Å². The molecule has 1 amide bonds. The highest BCUT2D eigenvalue weighted by atomic mass is 16.5. The lowest BCUT2D eigenvalue weighted by molar-refractivity contribution is -0.132. The van der Waals surface area contributed by atoms with Crippen LogP contribution in [-0.4, -0.2) is 55.9 Å². The first-order chi connectivity index (χ1) is 11.8. The number of aryl methyl sites for hydroxylation is 2. The lowest BCUT2D eigenvalue weighted by atomic mass is 10.2. The highest BCUT2D eigenvalue weighted by Gasteiger charge is 2.23. The third-order valence-corrected chi connectivity index (χ3v) is 4.34. The number of carbonyl (C=O) groups is 1. The minimum atomic E-state index is -0.00389. The van der Waals surface area contributed by atoms with E-state index in [0.717, 1.165) is 25.2 Å². The van der Waals surface area contributed by atoms with Crippen molar-refractivity contribution in [3.8, 4) is 0 Å². The Morgan fingerprint density at radius 2 is 2.29 bits per heavy atom. The number of rotatable bonds is 6. The molecule has 130 valence electrons. The third-order valence-electron chi connectivity index (χ3n) is 4.34. The molecule has 0 unspecified atom stereocenters. The van der Waals surface area contributed by atoms with Crippen molar-refractivity contribution in [1.82, 2.24) is 24.2 Å². The molecular formula is C17H25N5O2. The molecule has 2 aromatic rings. The quantitative estimate of drug-likeness (QED) is 0.801. The molecule has 1 aliphatic heterocycles. The summed E-state index contributed by atoms with van der Waals surface area (Å²) in [6.07, 6.45) is 9.68. The van der Waals surface area contributed by atoms with Gasteiger partial charge in [-0.3, -0.25) is 9.48 Å². The molecule has 7 heteroatoms. The van der Waals surface area contributed by atoms with Crippen molar-refractivity contribution >= 4 is 5.91 Å². The van der Waals surface area contributed by atoms with Crippen LogP contribution < -0.4 is 0 Å². The van der Waals surface area contributed by atoms with E-state index in [1.807, 2.05) is 28.0 Å². The maximum absolute atomic E-state index is 12.6. The number of nitrogens with zero attached hydrogens (tertiary/aromatic N) is 5. The average molecular weight is 331 g/mol. The van der Waals surface area contributed by atoms with Gasteiger partial charge in [0.25, 0.3) is 0 Å². The van der Waals surface area contributed by atoms with E-state index in [1.165, 1.54) is 0 Å². The van der Waals surface area contributed by atoms with Crippen LogP contribution in [0.3, 0.4) is 0 Å². The van der Waals surface area contributed by atoms with Gasteiger partial charge in [-0.15, -0.1) is 0 Å². The number of ether oxygens (including phenoxy) is 1. The zero-order valence-electron chi connectivity index (χ0n) is 14.2. The van der Waals surface area contributed by atoms with E-state index < -0.39 is 0 Å². The van der Waals surface area contributed by atoms with Gasteiger partial charge >= 0.3 is 0 Å². The lowest BCUT2D eigenvalue weighted by Crippen LogP contribution is -2.38. The number of hydrogen-bond acceptors (Lipinski definition) is 4. The molecule has 3 rings (SSSR count). The van der Waals surface area contributed by atoms with Crippen molar-refractivity contribution in [3.63, 3.8) is 0 Å². The van der Waals surface area contributed by atoms with Gasteiger partial charge in [0, 0.05) is 63.9 Å². The van der Waals surface area contributed by atoms with Crippen LogP contribution in [0.15, 0.2) is 30.9 Å². The monoisotopic (exact) mass is 331 g/mol. The number of carbonyl (C=O) groups excluding carboxylic acids is 1. The normalized spacial score (nSPS) is 18.5. The van der Waals surface area contributed by atoms with Gasteiger partial charge in [0.15, 0.2) is 0 Å². The Balaban J connectivity index is 1.54. The molecule has 24 heavy (non-hydrogen) atoms. The fourth-order valence-electron chi connectivity index (χ4n) is 3.08. The van der Waals surface area contributed by atoms with Crippen LogP contribution in [0, 0.1) is 0 Å². The van der Waals surface area contributed by atoms with Gasteiger partial charge in [0.05, 0.1) is 12.6 Å². The molecule has 3 heterocycles. The molecular weight excluding hydrogens is 306 g/mol. The predicted octanol–water partition coefficient (Wildman–Crippen LogP) is 1.35. The Hall–Kier alpha value is -2.15. The van der Waals surface area contributed by atoms with E-state index in [9.17, 15) is 4.79 Å². The maximum Gasteiger partial charge on any atom is 0.224 e. The van der Waals surface area contributed by atoms with Gasteiger partial charge in [0.1, 0.15) is 5.82 Å². The van der Waals surface area contributed by atoms with Gasteiger partial charge in [-0.05, 0) is 12.5 Å². The van der Waals surface area contributed by atoms with Crippen molar-refractivity contribution in [2.24, 2.45) is 0 Å². The topological polar surface area (TPSA) is 65.2 Å². The van der Waals surface area contributed by atoms with Crippen LogP contribution in [0.2, 0.25) is 0 Å². The minimum absolute atomic E-state index is 0.00389. The summed E-state index contributed by atoms with van der Waals surface area (Å²) in [6.45, 7) is 5.52. The first-order valence-electron chi connectivity index (χ1n) is 8.63. The SMILES string of the molecule is CCc1nccn1CCC(=O)N1CCCO[C@@H](Cn2cccn2)C1. The van der Waals surface area contributed by atoms with Crippen LogP contribution >= 0.6 is 0 Å². The van der Waals surface area contributed by atoms with Gasteiger partial charge in [0.2, 0.25) is 5.91 Å². The molecule has 0 bridgehead atoms. The highest BCUT2D eigenvalue weighted by molar-refractivity contribution is 5.76. The van der Waals surface area contributed by atoms with Crippen LogP contribution in [0.25, 0.3) is 0 Å². The molecule has 1 fully saturated rings. The van der Waals surface area contributed by atoms with Crippen LogP contribution in [0.1, 0.15) is 25.6 Å². The standard InChI is InChI=1S/C17H25N5O2/c1-2-16-18-7-11-20(16)10-5-17(23)21-8-4-12-24-15(13-21)14-22-9-3-6-19-22/h3,6-7,9,11,15H,2,4-5,8,10,12-14H2,1H3/t15-/m1/s1. The minimum Gasteiger partial charge on any atom is -0.374 e. The molecule has 0 spiro atoms. The first kappa shape index (κ1) is 16.7. The Morgan fingerprint density at radius 1 is 1.38 bits per heavy atom. The maximum atomic E-state index is 12.6. The van der Waals surface area contributed by atoms with Gasteiger partial charge in [-0.2, -0.15) is 5.10 Å². The fourth-order valence-corrected chi connectivity index (χ4v) is 3.08. The third kappa shape index (κ3) is 4.23. The van der Waals surface area contributed by atoms with E-state index in [1.54, 1.807) is 12.4 Å². The Labute approximate surface area is 142 Å². The second kappa shape index (κ2) is 8.10. The van der Waals surface area contributed by atoms with Crippen molar-refractivity contribution in [1.29, 1.82) is 0 Å². The fraction of sp³-hybridized carbons (Fsp3) is 0.588. The summed E-state index contributed by atoms with van der Waals surface area (Å²) in [5.41, 5.74) is 0. The Bertz CT molecular complexity index is 637. The molecule has 0 radical (unpaired) electrons. The molecule has 1 atom stereocenters. The molecule has 0 N–H and O–H groups in total. The first-order valence-corrected chi connectivity index (χ1v) is 8.63. The molecule has 0 aliphatic carbocycles. The van der Waals surface area contributed by atoms with E-state index in [4.69, 9.17) is 4.74 Å². The van der Waals surface area contributed by atoms with E-state index in [-0.39, 0.29) is 12.0 Å². The number of amides is 1. The summed E-state index contributed by atoms with van der Waals surface area (Å²) in [7, 11) is 0. The van der Waals surface area contributed by atoms with Crippen molar-refractivity contribution in [2.45, 2.75) is 45.4 Å². The zero-order chi connectivity index (χ0) is 16.8. The molecule has 0 aromatic carbocycles. The second-order valence-electron chi connectivity index (χ2n) is 6.05. The molecule has 7 nitrogen and oxygen atoms in total. The van der Waals surface area contributed by atoms with E-state index in [2.05, 4.69) is 21.6 Å².